The molecule has 0 aliphatic carbocycles. The standard InChI is InChI=1S/C22H34ClN5O3/c1-6-21(30)28(16(4)5)14-20(29)25-19-13-17(7-8-18(19)23)26-9-11-27(12-10-26)22(31)24-15(2)3/h7-8,13,15-16H,6,9-12,14H2,1-5H3,(H,24,31)(H,25,29). The van der Waals surface area contributed by atoms with Gasteiger partial charge in [-0.2, -0.15) is 0 Å². The zero-order valence-corrected chi connectivity index (χ0v) is 19.8. The van der Waals surface area contributed by atoms with Crippen molar-refractivity contribution in [3.8, 4) is 0 Å². The molecule has 1 aromatic rings. The minimum absolute atomic E-state index is 0.0193. The molecule has 172 valence electrons. The van der Waals surface area contributed by atoms with E-state index in [2.05, 4.69) is 15.5 Å². The molecule has 0 atom stereocenters. The molecule has 1 aliphatic heterocycles. The Bertz CT molecular complexity index is 791. The molecule has 1 fully saturated rings. The van der Waals surface area contributed by atoms with Gasteiger partial charge in [0.25, 0.3) is 0 Å². The van der Waals surface area contributed by atoms with Gasteiger partial charge >= 0.3 is 6.03 Å². The Kier molecular flexibility index (Phi) is 8.98. The number of benzene rings is 1. The van der Waals surface area contributed by atoms with Crippen molar-refractivity contribution in [3.05, 3.63) is 23.2 Å². The van der Waals surface area contributed by atoms with Crippen LogP contribution in [0, 0.1) is 0 Å². The van der Waals surface area contributed by atoms with Crippen molar-refractivity contribution in [1.82, 2.24) is 15.1 Å². The van der Waals surface area contributed by atoms with E-state index in [1.165, 1.54) is 0 Å². The molecule has 2 rings (SSSR count). The molecule has 1 heterocycles. The lowest BCUT2D eigenvalue weighted by atomic mass is 10.2. The van der Waals surface area contributed by atoms with E-state index in [-0.39, 0.29) is 36.5 Å². The van der Waals surface area contributed by atoms with Gasteiger partial charge in [-0.15, -0.1) is 0 Å². The summed E-state index contributed by atoms with van der Waals surface area (Å²) < 4.78 is 0. The van der Waals surface area contributed by atoms with E-state index >= 15 is 0 Å². The van der Waals surface area contributed by atoms with Crippen LogP contribution in [0.5, 0.6) is 0 Å². The number of nitrogens with zero attached hydrogens (tertiary/aromatic N) is 3. The number of hydrogen-bond acceptors (Lipinski definition) is 4. The van der Waals surface area contributed by atoms with Crippen molar-refractivity contribution in [3.63, 3.8) is 0 Å². The zero-order chi connectivity index (χ0) is 23.1. The fourth-order valence-corrected chi connectivity index (χ4v) is 3.58. The number of hydrogen-bond donors (Lipinski definition) is 2. The highest BCUT2D eigenvalue weighted by Crippen LogP contribution is 2.28. The molecule has 1 aromatic carbocycles. The van der Waals surface area contributed by atoms with Crippen LogP contribution in [0.2, 0.25) is 5.02 Å². The SMILES string of the molecule is CCC(=O)N(CC(=O)Nc1cc(N2CCN(C(=O)NC(C)C)CC2)ccc1Cl)C(C)C. The number of rotatable bonds is 7. The molecule has 0 spiro atoms. The Balaban J connectivity index is 2.01. The van der Waals surface area contributed by atoms with Crippen molar-refractivity contribution in [2.24, 2.45) is 0 Å². The highest BCUT2D eigenvalue weighted by Gasteiger charge is 2.23. The monoisotopic (exact) mass is 451 g/mol. The maximum absolute atomic E-state index is 12.6. The smallest absolute Gasteiger partial charge is 0.317 e. The third-order valence-electron chi connectivity index (χ3n) is 5.13. The average Bonchev–Trinajstić information content (AvgIpc) is 2.72. The Morgan fingerprint density at radius 3 is 2.29 bits per heavy atom. The molecule has 9 heteroatoms. The van der Waals surface area contributed by atoms with Gasteiger partial charge in [0.05, 0.1) is 10.7 Å². The number of carbonyl (C=O) groups is 3. The molecular weight excluding hydrogens is 418 g/mol. The highest BCUT2D eigenvalue weighted by molar-refractivity contribution is 6.33. The van der Waals surface area contributed by atoms with Crippen LogP contribution in [0.15, 0.2) is 18.2 Å². The third kappa shape index (κ3) is 7.02. The number of amides is 4. The summed E-state index contributed by atoms with van der Waals surface area (Å²) in [4.78, 5) is 42.3. The Morgan fingerprint density at radius 2 is 1.74 bits per heavy atom. The molecule has 1 aliphatic rings. The normalized spacial score (nSPS) is 14.1. The Labute approximate surface area is 189 Å². The third-order valence-corrected chi connectivity index (χ3v) is 5.46. The maximum Gasteiger partial charge on any atom is 0.317 e. The molecule has 4 amide bonds. The summed E-state index contributed by atoms with van der Waals surface area (Å²) in [5.41, 5.74) is 1.44. The van der Waals surface area contributed by atoms with Gasteiger partial charge in [0.2, 0.25) is 11.8 Å². The van der Waals surface area contributed by atoms with Gasteiger partial charge in [-0.25, -0.2) is 4.79 Å². The molecule has 0 bridgehead atoms. The van der Waals surface area contributed by atoms with E-state index in [0.29, 0.717) is 43.3 Å². The van der Waals surface area contributed by atoms with Gasteiger partial charge in [0, 0.05) is 50.4 Å². The lowest BCUT2D eigenvalue weighted by Gasteiger charge is -2.36. The lowest BCUT2D eigenvalue weighted by Crippen LogP contribution is -2.52. The molecule has 0 saturated carbocycles. The molecule has 0 radical (unpaired) electrons. The largest absolute Gasteiger partial charge is 0.368 e. The minimum atomic E-state index is -0.287. The number of piperazine rings is 1. The predicted molar refractivity (Wildman–Crippen MR) is 125 cm³/mol. The quantitative estimate of drug-likeness (QED) is 0.666. The van der Waals surface area contributed by atoms with E-state index in [9.17, 15) is 14.4 Å². The summed E-state index contributed by atoms with van der Waals surface area (Å²) in [6.45, 7) is 12.0. The summed E-state index contributed by atoms with van der Waals surface area (Å²) in [5, 5.41) is 6.19. The number of anilines is 2. The van der Waals surface area contributed by atoms with E-state index in [4.69, 9.17) is 11.6 Å². The maximum atomic E-state index is 12.6. The highest BCUT2D eigenvalue weighted by atomic mass is 35.5. The fourth-order valence-electron chi connectivity index (χ4n) is 3.42. The predicted octanol–water partition coefficient (Wildman–Crippen LogP) is 3.17. The molecule has 8 nitrogen and oxygen atoms in total. The van der Waals surface area contributed by atoms with Gasteiger partial charge in [0.15, 0.2) is 0 Å². The second-order valence-corrected chi connectivity index (χ2v) is 8.67. The molecule has 31 heavy (non-hydrogen) atoms. The summed E-state index contributed by atoms with van der Waals surface area (Å²) in [6.07, 6.45) is 0.350. The second-order valence-electron chi connectivity index (χ2n) is 8.26. The van der Waals surface area contributed by atoms with E-state index in [0.717, 1.165) is 5.69 Å². The molecule has 0 aromatic heterocycles. The van der Waals surface area contributed by atoms with Crippen LogP contribution >= 0.6 is 11.6 Å². The first-order valence-electron chi connectivity index (χ1n) is 10.8. The van der Waals surface area contributed by atoms with Crippen LogP contribution in [-0.4, -0.2) is 72.5 Å². The van der Waals surface area contributed by atoms with Crippen LogP contribution in [0.1, 0.15) is 41.0 Å². The molecule has 1 saturated heterocycles. The topological polar surface area (TPSA) is 85.0 Å². The molecule has 0 unspecified atom stereocenters. The average molecular weight is 452 g/mol. The van der Waals surface area contributed by atoms with Gasteiger partial charge < -0.3 is 25.3 Å². The number of urea groups is 1. The van der Waals surface area contributed by atoms with Crippen molar-refractivity contribution in [2.45, 2.75) is 53.1 Å². The fraction of sp³-hybridized carbons (Fsp3) is 0.591. The van der Waals surface area contributed by atoms with Gasteiger partial charge in [0.1, 0.15) is 6.54 Å². The second kappa shape index (κ2) is 11.2. The van der Waals surface area contributed by atoms with Crippen molar-refractivity contribution < 1.29 is 14.4 Å². The van der Waals surface area contributed by atoms with E-state index in [1.807, 2.05) is 39.8 Å². The van der Waals surface area contributed by atoms with Crippen LogP contribution in [0.3, 0.4) is 0 Å². The summed E-state index contributed by atoms with van der Waals surface area (Å²) in [5.74, 6) is -0.353. The lowest BCUT2D eigenvalue weighted by molar-refractivity contribution is -0.136. The van der Waals surface area contributed by atoms with Crippen LogP contribution in [-0.2, 0) is 9.59 Å². The number of halogens is 1. The van der Waals surface area contributed by atoms with Crippen molar-refractivity contribution >= 4 is 40.8 Å². The van der Waals surface area contributed by atoms with Gasteiger partial charge in [-0.05, 0) is 45.9 Å². The molecule has 2 N–H and O–H groups in total. The van der Waals surface area contributed by atoms with Gasteiger partial charge in [-0.3, -0.25) is 9.59 Å². The zero-order valence-electron chi connectivity index (χ0n) is 19.1. The number of carbonyl (C=O) groups excluding carboxylic acids is 3. The van der Waals surface area contributed by atoms with E-state index in [1.54, 1.807) is 22.8 Å². The first-order chi connectivity index (χ1) is 14.6. The van der Waals surface area contributed by atoms with Crippen LogP contribution < -0.4 is 15.5 Å². The summed E-state index contributed by atoms with van der Waals surface area (Å²) in [6, 6.07) is 5.49. The first kappa shape index (κ1) is 24.8. The first-order valence-corrected chi connectivity index (χ1v) is 11.2. The van der Waals surface area contributed by atoms with Crippen molar-refractivity contribution in [1.29, 1.82) is 0 Å². The van der Waals surface area contributed by atoms with Crippen LogP contribution in [0.4, 0.5) is 16.2 Å². The van der Waals surface area contributed by atoms with E-state index < -0.39 is 0 Å². The minimum Gasteiger partial charge on any atom is -0.368 e. The van der Waals surface area contributed by atoms with Gasteiger partial charge in [-0.1, -0.05) is 18.5 Å². The Hall–Kier alpha value is -2.48. The molecular formula is C22H34ClN5O3. The van der Waals surface area contributed by atoms with Crippen LogP contribution in [0.25, 0.3) is 0 Å². The summed E-state index contributed by atoms with van der Waals surface area (Å²) >= 11 is 6.31. The Morgan fingerprint density at radius 1 is 1.10 bits per heavy atom. The van der Waals surface area contributed by atoms with Crippen molar-refractivity contribution in [2.75, 3.05) is 42.9 Å². The number of nitrogens with one attached hydrogen (secondary N) is 2. The summed E-state index contributed by atoms with van der Waals surface area (Å²) in [7, 11) is 0.